The number of benzene rings is 3. The predicted molar refractivity (Wildman–Crippen MR) is 94.8 cm³/mol. The number of amides is 2. The van der Waals surface area contributed by atoms with Crippen molar-refractivity contribution >= 4 is 17.5 Å². The van der Waals surface area contributed by atoms with E-state index in [9.17, 15) is 9.59 Å². The van der Waals surface area contributed by atoms with Gasteiger partial charge >= 0.3 is 0 Å². The fourth-order valence-corrected chi connectivity index (χ4v) is 2.85. The molecule has 0 atom stereocenters. The fraction of sp³-hybridized carbons (Fsp3) is 0.0476. The molecule has 25 heavy (non-hydrogen) atoms. The molecule has 4 heteroatoms. The molecule has 0 saturated heterocycles. The van der Waals surface area contributed by atoms with Gasteiger partial charge in [0, 0.05) is 0 Å². The number of carbonyl (C=O) groups is 2. The highest BCUT2D eigenvalue weighted by atomic mass is 16.5. The second kappa shape index (κ2) is 6.24. The fourth-order valence-electron chi connectivity index (χ4n) is 2.85. The van der Waals surface area contributed by atoms with Gasteiger partial charge in [-0.2, -0.15) is 0 Å². The minimum atomic E-state index is -0.283. The Balaban J connectivity index is 1.51. The lowest BCUT2D eigenvalue weighted by atomic mass is 10.1. The average molecular weight is 329 g/mol. The number of carbonyl (C=O) groups excluding carboxylic acids is 2. The van der Waals surface area contributed by atoms with Gasteiger partial charge in [0.15, 0.2) is 0 Å². The average Bonchev–Trinajstić information content (AvgIpc) is 2.93. The Morgan fingerprint density at radius 1 is 0.680 bits per heavy atom. The molecule has 122 valence electrons. The molecule has 0 radical (unpaired) electrons. The van der Waals surface area contributed by atoms with E-state index in [1.54, 1.807) is 36.4 Å². The monoisotopic (exact) mass is 329 g/mol. The van der Waals surface area contributed by atoms with Crippen LogP contribution < -0.4 is 9.64 Å². The maximum atomic E-state index is 12.5. The first-order valence-electron chi connectivity index (χ1n) is 7.98. The molecule has 4 nitrogen and oxygen atoms in total. The lowest BCUT2D eigenvalue weighted by molar-refractivity contribution is 0.0926. The molecule has 0 aromatic heterocycles. The summed E-state index contributed by atoms with van der Waals surface area (Å²) in [4.78, 5) is 26.2. The van der Waals surface area contributed by atoms with Crippen molar-refractivity contribution in [1.29, 1.82) is 0 Å². The number of nitrogens with zero attached hydrogens (tertiary/aromatic N) is 1. The van der Waals surface area contributed by atoms with Crippen LogP contribution in [0.4, 0.5) is 5.69 Å². The van der Waals surface area contributed by atoms with Gasteiger partial charge in [-0.1, -0.05) is 42.5 Å². The Morgan fingerprint density at radius 2 is 1.24 bits per heavy atom. The van der Waals surface area contributed by atoms with Crippen LogP contribution in [0.2, 0.25) is 0 Å². The number of anilines is 1. The summed E-state index contributed by atoms with van der Waals surface area (Å²) in [6.07, 6.45) is 0. The van der Waals surface area contributed by atoms with Gasteiger partial charge in [0.1, 0.15) is 12.4 Å². The molecule has 2 amide bonds. The Labute approximate surface area is 145 Å². The quantitative estimate of drug-likeness (QED) is 0.678. The SMILES string of the molecule is O=C1c2ccccc2C(=O)N1c1ccc(COc2ccccc2)cc1. The van der Waals surface area contributed by atoms with E-state index in [1.807, 2.05) is 42.5 Å². The van der Waals surface area contributed by atoms with E-state index < -0.39 is 0 Å². The van der Waals surface area contributed by atoms with Crippen molar-refractivity contribution in [3.05, 3.63) is 95.6 Å². The largest absolute Gasteiger partial charge is 0.489 e. The van der Waals surface area contributed by atoms with Crippen LogP contribution in [0, 0.1) is 0 Å². The Kier molecular flexibility index (Phi) is 3.78. The Morgan fingerprint density at radius 3 is 1.84 bits per heavy atom. The molecule has 3 aromatic rings. The zero-order chi connectivity index (χ0) is 17.2. The summed E-state index contributed by atoms with van der Waals surface area (Å²) in [6, 6.07) is 23.7. The lowest BCUT2D eigenvalue weighted by Gasteiger charge is -2.14. The van der Waals surface area contributed by atoms with Gasteiger partial charge in [0.05, 0.1) is 16.8 Å². The van der Waals surface area contributed by atoms with E-state index in [-0.39, 0.29) is 11.8 Å². The summed E-state index contributed by atoms with van der Waals surface area (Å²) in [5, 5.41) is 0. The minimum Gasteiger partial charge on any atom is -0.489 e. The molecule has 0 saturated carbocycles. The maximum absolute atomic E-state index is 12.5. The van der Waals surface area contributed by atoms with E-state index in [2.05, 4.69) is 0 Å². The molecular weight excluding hydrogens is 314 g/mol. The van der Waals surface area contributed by atoms with E-state index >= 15 is 0 Å². The second-order valence-electron chi connectivity index (χ2n) is 5.76. The molecule has 0 fully saturated rings. The van der Waals surface area contributed by atoms with Gasteiger partial charge in [-0.25, -0.2) is 4.90 Å². The summed E-state index contributed by atoms with van der Waals surface area (Å²) in [5.41, 5.74) is 2.42. The third-order valence-electron chi connectivity index (χ3n) is 4.14. The zero-order valence-electron chi connectivity index (χ0n) is 13.4. The van der Waals surface area contributed by atoms with Crippen molar-refractivity contribution < 1.29 is 14.3 Å². The molecule has 0 aliphatic carbocycles. The van der Waals surface area contributed by atoms with Crippen LogP contribution in [0.15, 0.2) is 78.9 Å². The van der Waals surface area contributed by atoms with Crippen LogP contribution in [0.25, 0.3) is 0 Å². The first-order chi connectivity index (χ1) is 12.2. The number of para-hydroxylation sites is 1. The molecule has 0 N–H and O–H groups in total. The van der Waals surface area contributed by atoms with Crippen molar-refractivity contribution in [3.63, 3.8) is 0 Å². The van der Waals surface area contributed by atoms with Gasteiger partial charge < -0.3 is 4.74 Å². The predicted octanol–water partition coefficient (Wildman–Crippen LogP) is 4.07. The summed E-state index contributed by atoms with van der Waals surface area (Å²) in [5.74, 6) is 0.231. The molecule has 0 bridgehead atoms. The highest BCUT2D eigenvalue weighted by molar-refractivity contribution is 6.34. The Bertz CT molecular complexity index is 898. The number of imide groups is 1. The van der Waals surface area contributed by atoms with Gasteiger partial charge in [0.25, 0.3) is 11.8 Å². The van der Waals surface area contributed by atoms with Gasteiger partial charge in [-0.3, -0.25) is 9.59 Å². The smallest absolute Gasteiger partial charge is 0.266 e. The van der Waals surface area contributed by atoms with Crippen molar-refractivity contribution in [2.75, 3.05) is 4.90 Å². The summed E-state index contributed by atoms with van der Waals surface area (Å²) < 4.78 is 5.70. The van der Waals surface area contributed by atoms with Crippen molar-refractivity contribution in [1.82, 2.24) is 0 Å². The standard InChI is InChI=1S/C21H15NO3/c23-20-18-8-4-5-9-19(18)21(24)22(20)16-12-10-15(11-13-16)14-25-17-6-2-1-3-7-17/h1-13H,14H2. The van der Waals surface area contributed by atoms with Crippen LogP contribution in [0.3, 0.4) is 0 Å². The van der Waals surface area contributed by atoms with Gasteiger partial charge in [-0.15, -0.1) is 0 Å². The van der Waals surface area contributed by atoms with Crippen molar-refractivity contribution in [2.24, 2.45) is 0 Å². The van der Waals surface area contributed by atoms with Crippen molar-refractivity contribution in [2.45, 2.75) is 6.61 Å². The summed E-state index contributed by atoms with van der Waals surface area (Å²) >= 11 is 0. The minimum absolute atomic E-state index is 0.283. The molecular formula is C21H15NO3. The van der Waals surface area contributed by atoms with Crippen molar-refractivity contribution in [3.8, 4) is 5.75 Å². The van der Waals surface area contributed by atoms with Gasteiger partial charge in [-0.05, 0) is 42.0 Å². The number of ether oxygens (including phenoxy) is 1. The second-order valence-corrected chi connectivity index (χ2v) is 5.76. The molecule has 0 spiro atoms. The van der Waals surface area contributed by atoms with E-state index in [1.165, 1.54) is 4.90 Å². The molecule has 1 aliphatic rings. The molecule has 3 aromatic carbocycles. The van der Waals surface area contributed by atoms with E-state index in [0.717, 1.165) is 11.3 Å². The highest BCUT2D eigenvalue weighted by Crippen LogP contribution is 2.28. The van der Waals surface area contributed by atoms with Crippen LogP contribution in [0.5, 0.6) is 5.75 Å². The highest BCUT2D eigenvalue weighted by Gasteiger charge is 2.36. The summed E-state index contributed by atoms with van der Waals surface area (Å²) in [6.45, 7) is 0.423. The number of fused-ring (bicyclic) bond motifs is 1. The first kappa shape index (κ1) is 15.1. The number of hydrogen-bond donors (Lipinski definition) is 0. The molecule has 4 rings (SSSR count). The van der Waals surface area contributed by atoms with Crippen LogP contribution >= 0.6 is 0 Å². The number of rotatable bonds is 4. The summed E-state index contributed by atoms with van der Waals surface area (Å²) in [7, 11) is 0. The Hall–Kier alpha value is -3.40. The molecule has 1 aliphatic heterocycles. The van der Waals surface area contributed by atoms with E-state index in [0.29, 0.717) is 23.4 Å². The lowest BCUT2D eigenvalue weighted by Crippen LogP contribution is -2.29. The maximum Gasteiger partial charge on any atom is 0.266 e. The van der Waals surface area contributed by atoms with Crippen LogP contribution in [0.1, 0.15) is 26.3 Å². The topological polar surface area (TPSA) is 46.6 Å². The van der Waals surface area contributed by atoms with Crippen LogP contribution in [-0.2, 0) is 6.61 Å². The number of hydrogen-bond acceptors (Lipinski definition) is 3. The van der Waals surface area contributed by atoms with Crippen LogP contribution in [-0.4, -0.2) is 11.8 Å². The third-order valence-corrected chi connectivity index (χ3v) is 4.14. The van der Waals surface area contributed by atoms with Gasteiger partial charge in [0.2, 0.25) is 0 Å². The first-order valence-corrected chi connectivity index (χ1v) is 7.98. The molecule has 1 heterocycles. The van der Waals surface area contributed by atoms with E-state index in [4.69, 9.17) is 4.74 Å². The molecule has 0 unspecified atom stereocenters. The third kappa shape index (κ3) is 2.78. The normalized spacial score (nSPS) is 13.0. The zero-order valence-corrected chi connectivity index (χ0v) is 13.4.